The zero-order valence-corrected chi connectivity index (χ0v) is 38.8. The minimum absolute atomic E-state index is 0. The second-order valence-electron chi connectivity index (χ2n) is 12.2. The molecule has 0 aliphatic heterocycles. The molecule has 0 N–H and O–H groups in total. The number of hydrogen-bond donors (Lipinski definition) is 0. The molecule has 12 heteroatoms. The SMILES string of the molecule is CC(C)N=CN(C(=NC(C)C)[N-]C(C)C)C(C)C.CC(C)N=CN(C(=NC(C)C)[N-]C(C)C)C(C)C.COCCOC.[K+].[K+]. The van der Waals surface area contributed by atoms with Crippen LogP contribution in [0.4, 0.5) is 0 Å². The van der Waals surface area contributed by atoms with E-state index in [4.69, 9.17) is 0 Å². The van der Waals surface area contributed by atoms with Crippen molar-refractivity contribution in [2.24, 2.45) is 20.0 Å². The van der Waals surface area contributed by atoms with Gasteiger partial charge in [0.25, 0.3) is 0 Å². The Morgan fingerprint density at radius 2 is 0.795 bits per heavy atom. The van der Waals surface area contributed by atoms with Gasteiger partial charge in [0.1, 0.15) is 0 Å². The van der Waals surface area contributed by atoms with Crippen molar-refractivity contribution in [2.75, 3.05) is 27.4 Å². The molecule has 0 spiro atoms. The van der Waals surface area contributed by atoms with Crippen LogP contribution in [0.2, 0.25) is 0 Å². The number of aliphatic imine (C=N–C) groups is 4. The van der Waals surface area contributed by atoms with Gasteiger partial charge in [0.05, 0.1) is 13.2 Å². The van der Waals surface area contributed by atoms with Gasteiger partial charge in [-0.25, -0.2) is 0 Å². The van der Waals surface area contributed by atoms with Crippen molar-refractivity contribution < 1.29 is 112 Å². The molecule has 0 atom stereocenters. The van der Waals surface area contributed by atoms with E-state index in [9.17, 15) is 0 Å². The van der Waals surface area contributed by atoms with Crippen LogP contribution < -0.4 is 103 Å². The topological polar surface area (TPSA) is 103 Å². The molecule has 0 saturated heterocycles. The molecule has 0 aliphatic rings. The predicted molar refractivity (Wildman–Crippen MR) is 187 cm³/mol. The maximum Gasteiger partial charge on any atom is 1.00 e. The normalized spacial score (nSPS) is 12.2. The standard InChI is InChI=1S/2C14H29N4.C4H10O2.2K/c2*1-10(2)15-9-18(13(7)8)14(16-11(3)4)17-12(5)6;1-5-3-4-6-2;;/h2*9-13H,1-8H3;3-4H2,1-2H3;;/q2*-1;;2*+1. The molecule has 0 bridgehead atoms. The number of hydrogen-bond acceptors (Lipinski definition) is 6. The van der Waals surface area contributed by atoms with E-state index in [1.165, 1.54) is 0 Å². The van der Waals surface area contributed by atoms with Crippen molar-refractivity contribution in [3.63, 3.8) is 0 Å². The number of methoxy groups -OCH3 is 2. The average Bonchev–Trinajstić information content (AvgIpc) is 2.81. The first kappa shape index (κ1) is 54.5. The molecular weight excluding hydrogens is 607 g/mol. The summed E-state index contributed by atoms with van der Waals surface area (Å²) in [5.41, 5.74) is 0. The third-order valence-electron chi connectivity index (χ3n) is 4.54. The van der Waals surface area contributed by atoms with E-state index in [0.717, 1.165) is 11.9 Å². The Labute approximate surface area is 358 Å². The van der Waals surface area contributed by atoms with Gasteiger partial charge < -0.3 is 39.9 Å². The first-order valence-corrected chi connectivity index (χ1v) is 15.6. The van der Waals surface area contributed by atoms with Gasteiger partial charge in [-0.05, 0) is 63.9 Å². The van der Waals surface area contributed by atoms with E-state index in [-0.39, 0.29) is 139 Å². The number of rotatable bonds is 13. The predicted octanol–water partition coefficient (Wildman–Crippen LogP) is 1.65. The summed E-state index contributed by atoms with van der Waals surface area (Å²) in [6, 6.07) is 2.09. The van der Waals surface area contributed by atoms with Gasteiger partial charge in [-0.1, -0.05) is 83.1 Å². The van der Waals surface area contributed by atoms with Gasteiger partial charge >= 0.3 is 103 Å². The van der Waals surface area contributed by atoms with Gasteiger partial charge in [-0.2, -0.15) is 0 Å². The summed E-state index contributed by atoms with van der Waals surface area (Å²) < 4.78 is 9.31. The van der Waals surface area contributed by atoms with Crippen LogP contribution in [-0.2, 0) is 9.47 Å². The minimum Gasteiger partial charge on any atom is -0.391 e. The molecule has 0 aromatic rings. The van der Waals surface area contributed by atoms with Gasteiger partial charge in [0.2, 0.25) is 0 Å². The van der Waals surface area contributed by atoms with Gasteiger partial charge in [-0.15, -0.1) is 0 Å². The fraction of sp³-hybridized carbons (Fsp3) is 0.875. The molecule has 0 fully saturated rings. The maximum absolute atomic E-state index is 4.66. The van der Waals surface area contributed by atoms with Crippen LogP contribution in [0.3, 0.4) is 0 Å². The van der Waals surface area contributed by atoms with Crippen LogP contribution in [0.5, 0.6) is 0 Å². The first-order valence-electron chi connectivity index (χ1n) is 15.6. The second-order valence-corrected chi connectivity index (χ2v) is 12.2. The van der Waals surface area contributed by atoms with Gasteiger partial charge in [-0.3, -0.25) is 9.98 Å². The van der Waals surface area contributed by atoms with E-state index in [0.29, 0.717) is 25.3 Å². The summed E-state index contributed by atoms with van der Waals surface area (Å²) in [4.78, 5) is 22.2. The number of guanidine groups is 2. The maximum atomic E-state index is 4.66. The third kappa shape index (κ3) is 35.9. The zero-order chi connectivity index (χ0) is 33.4. The second kappa shape index (κ2) is 34.0. The van der Waals surface area contributed by atoms with Crippen molar-refractivity contribution in [1.29, 1.82) is 0 Å². The molecule has 0 heterocycles. The summed E-state index contributed by atoms with van der Waals surface area (Å²) in [6.45, 7) is 34.6. The molecule has 0 unspecified atom stereocenters. The molecule has 0 aromatic heterocycles. The van der Waals surface area contributed by atoms with E-state index in [1.54, 1.807) is 14.2 Å². The summed E-state index contributed by atoms with van der Waals surface area (Å²) in [7, 11) is 3.30. The Hall–Kier alpha value is 1.07. The summed E-state index contributed by atoms with van der Waals surface area (Å²) in [6.07, 6.45) is 3.73. The van der Waals surface area contributed by atoms with Crippen LogP contribution in [0.25, 0.3) is 10.6 Å². The van der Waals surface area contributed by atoms with Crippen LogP contribution in [-0.4, -0.2) is 110 Å². The fourth-order valence-electron chi connectivity index (χ4n) is 2.67. The Balaban J connectivity index is -0.000000187. The van der Waals surface area contributed by atoms with Gasteiger partial charge in [0, 0.05) is 50.9 Å². The first-order chi connectivity index (χ1) is 19.4. The zero-order valence-electron chi connectivity index (χ0n) is 32.6. The average molecular weight is 675 g/mol. The van der Waals surface area contributed by atoms with Crippen LogP contribution in [0, 0.1) is 0 Å². The smallest absolute Gasteiger partial charge is 0.391 e. The molecule has 0 rings (SSSR count). The van der Waals surface area contributed by atoms with Crippen molar-refractivity contribution in [1.82, 2.24) is 9.80 Å². The largest absolute Gasteiger partial charge is 1.00 e. The molecule has 0 amide bonds. The minimum atomic E-state index is 0. The Bertz CT molecular complexity index is 693. The summed E-state index contributed by atoms with van der Waals surface area (Å²) >= 11 is 0. The van der Waals surface area contributed by atoms with Crippen LogP contribution in [0.15, 0.2) is 20.0 Å². The van der Waals surface area contributed by atoms with Crippen molar-refractivity contribution >= 4 is 24.6 Å². The Morgan fingerprint density at radius 1 is 0.523 bits per heavy atom. The molecular formula is C32H68K2N8O2. The molecule has 10 nitrogen and oxygen atoms in total. The Morgan fingerprint density at radius 3 is 0.955 bits per heavy atom. The molecule has 250 valence electrons. The molecule has 44 heavy (non-hydrogen) atoms. The summed E-state index contributed by atoms with van der Waals surface area (Å²) in [5.74, 6) is 1.55. The molecule has 0 aliphatic carbocycles. The van der Waals surface area contributed by atoms with Crippen molar-refractivity contribution in [3.8, 4) is 0 Å². The van der Waals surface area contributed by atoms with E-state index < -0.39 is 0 Å². The number of nitrogens with zero attached hydrogens (tertiary/aromatic N) is 8. The van der Waals surface area contributed by atoms with Crippen LogP contribution in [0.1, 0.15) is 111 Å². The van der Waals surface area contributed by atoms with Crippen LogP contribution >= 0.6 is 0 Å². The van der Waals surface area contributed by atoms with Crippen molar-refractivity contribution in [3.05, 3.63) is 10.6 Å². The quantitative estimate of drug-likeness (QED) is 0.128. The van der Waals surface area contributed by atoms with E-state index in [1.807, 2.05) is 22.5 Å². The Kier molecular flexibility index (Phi) is 42.1. The molecule has 0 aromatic carbocycles. The molecule has 0 radical (unpaired) electrons. The monoisotopic (exact) mass is 674 g/mol. The summed E-state index contributed by atoms with van der Waals surface area (Å²) in [5, 5.41) is 9.20. The van der Waals surface area contributed by atoms with E-state index >= 15 is 0 Å². The van der Waals surface area contributed by atoms with E-state index in [2.05, 4.69) is 151 Å². The molecule has 0 saturated carbocycles. The third-order valence-corrected chi connectivity index (χ3v) is 4.54. The number of ether oxygens (including phenoxy) is 2. The van der Waals surface area contributed by atoms with Crippen molar-refractivity contribution in [2.45, 2.75) is 159 Å². The van der Waals surface area contributed by atoms with Gasteiger partial charge in [0.15, 0.2) is 0 Å². The fourth-order valence-corrected chi connectivity index (χ4v) is 2.67.